The van der Waals surface area contributed by atoms with Crippen LogP contribution in [0.3, 0.4) is 0 Å². The molecule has 8 heteroatoms. The van der Waals surface area contributed by atoms with E-state index >= 15 is 0 Å². The first kappa shape index (κ1) is 22.0. The monoisotopic (exact) mass is 458 g/mol. The van der Waals surface area contributed by atoms with E-state index in [1.807, 2.05) is 6.20 Å². The maximum Gasteiger partial charge on any atom is 0.225 e. The molecule has 0 radical (unpaired) electrons. The SMILES string of the molecule is Cc1ccc(CNC(=O)[C@H]2CCCN(c3ncnc4nn(-c5ccc(F)cc5)cc34)C2)cc1C. The number of hydrogen-bond donors (Lipinski definition) is 1. The molecule has 7 nitrogen and oxygen atoms in total. The molecule has 1 aliphatic rings. The van der Waals surface area contributed by atoms with Gasteiger partial charge in [0.15, 0.2) is 5.65 Å². The molecule has 1 amide bonds. The first-order chi connectivity index (χ1) is 16.5. The van der Waals surface area contributed by atoms with E-state index in [0.717, 1.165) is 41.8 Å². The summed E-state index contributed by atoms with van der Waals surface area (Å²) in [5.74, 6) is 0.425. The van der Waals surface area contributed by atoms with Gasteiger partial charge in [0, 0.05) is 25.8 Å². The van der Waals surface area contributed by atoms with Crippen LogP contribution >= 0.6 is 0 Å². The normalized spacial score (nSPS) is 16.1. The highest BCUT2D eigenvalue weighted by Crippen LogP contribution is 2.28. The van der Waals surface area contributed by atoms with E-state index < -0.39 is 0 Å². The third-order valence-electron chi connectivity index (χ3n) is 6.52. The van der Waals surface area contributed by atoms with Crippen LogP contribution in [0.1, 0.15) is 29.5 Å². The summed E-state index contributed by atoms with van der Waals surface area (Å²) in [5, 5.41) is 8.45. The summed E-state index contributed by atoms with van der Waals surface area (Å²) in [6.07, 6.45) is 5.11. The maximum atomic E-state index is 13.3. The summed E-state index contributed by atoms with van der Waals surface area (Å²) in [6, 6.07) is 12.4. The summed E-state index contributed by atoms with van der Waals surface area (Å²) in [4.78, 5) is 23.9. The number of anilines is 1. The number of piperidine rings is 1. The van der Waals surface area contributed by atoms with Crippen molar-refractivity contribution in [2.45, 2.75) is 33.2 Å². The molecule has 5 rings (SSSR count). The lowest BCUT2D eigenvalue weighted by molar-refractivity contribution is -0.125. The summed E-state index contributed by atoms with van der Waals surface area (Å²) in [5.41, 5.74) is 4.89. The topological polar surface area (TPSA) is 75.9 Å². The van der Waals surface area contributed by atoms with Crippen LogP contribution in [0.15, 0.2) is 55.0 Å². The molecule has 34 heavy (non-hydrogen) atoms. The van der Waals surface area contributed by atoms with Gasteiger partial charge in [-0.05, 0) is 67.6 Å². The predicted molar refractivity (Wildman–Crippen MR) is 129 cm³/mol. The fourth-order valence-corrected chi connectivity index (χ4v) is 4.43. The molecule has 2 aromatic heterocycles. The second-order valence-corrected chi connectivity index (χ2v) is 8.91. The number of aromatic nitrogens is 4. The van der Waals surface area contributed by atoms with Gasteiger partial charge in [-0.25, -0.2) is 19.0 Å². The predicted octanol–water partition coefficient (Wildman–Crippen LogP) is 4.10. The van der Waals surface area contributed by atoms with Crippen molar-refractivity contribution in [3.05, 3.63) is 77.5 Å². The highest BCUT2D eigenvalue weighted by Gasteiger charge is 2.28. The molecule has 0 aliphatic carbocycles. The number of amides is 1. The Balaban J connectivity index is 1.31. The number of nitrogens with zero attached hydrogens (tertiary/aromatic N) is 5. The molecule has 0 saturated carbocycles. The Labute approximate surface area is 197 Å². The van der Waals surface area contributed by atoms with Crippen LogP contribution in [0.2, 0.25) is 0 Å². The van der Waals surface area contributed by atoms with Gasteiger partial charge in [-0.15, -0.1) is 5.10 Å². The lowest BCUT2D eigenvalue weighted by Crippen LogP contribution is -2.43. The number of fused-ring (bicyclic) bond motifs is 1. The molecular weight excluding hydrogens is 431 g/mol. The van der Waals surface area contributed by atoms with Crippen LogP contribution in [0.4, 0.5) is 10.2 Å². The minimum Gasteiger partial charge on any atom is -0.355 e. The third kappa shape index (κ3) is 4.48. The molecule has 0 spiro atoms. The van der Waals surface area contributed by atoms with Gasteiger partial charge < -0.3 is 10.2 Å². The Kier molecular flexibility index (Phi) is 5.96. The molecule has 1 fully saturated rings. The van der Waals surface area contributed by atoms with Gasteiger partial charge in [0.05, 0.1) is 17.0 Å². The van der Waals surface area contributed by atoms with Crippen molar-refractivity contribution in [1.29, 1.82) is 0 Å². The van der Waals surface area contributed by atoms with E-state index in [4.69, 9.17) is 0 Å². The Morgan fingerprint density at radius 1 is 1.12 bits per heavy atom. The van der Waals surface area contributed by atoms with Gasteiger partial charge in [0.1, 0.15) is 18.0 Å². The van der Waals surface area contributed by atoms with Gasteiger partial charge in [-0.2, -0.15) is 0 Å². The molecule has 174 valence electrons. The second-order valence-electron chi connectivity index (χ2n) is 8.91. The van der Waals surface area contributed by atoms with Crippen molar-refractivity contribution >= 4 is 22.8 Å². The molecule has 4 aromatic rings. The molecule has 3 heterocycles. The highest BCUT2D eigenvalue weighted by atomic mass is 19.1. The van der Waals surface area contributed by atoms with Crippen molar-refractivity contribution in [3.63, 3.8) is 0 Å². The number of aryl methyl sites for hydroxylation is 2. The number of carbonyl (C=O) groups excluding carboxylic acids is 1. The van der Waals surface area contributed by atoms with E-state index in [2.05, 4.69) is 57.3 Å². The van der Waals surface area contributed by atoms with Crippen molar-refractivity contribution in [1.82, 2.24) is 25.1 Å². The first-order valence-electron chi connectivity index (χ1n) is 11.5. The molecule has 1 aliphatic heterocycles. The average Bonchev–Trinajstić information content (AvgIpc) is 3.29. The first-order valence-corrected chi connectivity index (χ1v) is 11.5. The van der Waals surface area contributed by atoms with Crippen LogP contribution in [0, 0.1) is 25.6 Å². The smallest absolute Gasteiger partial charge is 0.225 e. The molecule has 1 atom stereocenters. The van der Waals surface area contributed by atoms with E-state index in [1.54, 1.807) is 16.8 Å². The number of nitrogens with one attached hydrogen (secondary N) is 1. The van der Waals surface area contributed by atoms with E-state index in [1.165, 1.54) is 29.6 Å². The standard InChI is InChI=1S/C26H27FN6O/c1-17-5-6-19(12-18(17)2)13-28-26(34)20-4-3-11-32(14-20)25-23-15-33(31-24(23)29-16-30-25)22-9-7-21(27)8-10-22/h5-10,12,15-16,20H,3-4,11,13-14H2,1-2H3,(H,28,34)/t20-/m0/s1. The zero-order valence-corrected chi connectivity index (χ0v) is 19.3. The number of hydrogen-bond acceptors (Lipinski definition) is 5. The minimum absolute atomic E-state index is 0.0650. The summed E-state index contributed by atoms with van der Waals surface area (Å²) >= 11 is 0. The van der Waals surface area contributed by atoms with E-state index in [-0.39, 0.29) is 17.6 Å². The molecule has 0 bridgehead atoms. The Bertz CT molecular complexity index is 1330. The molecule has 2 aromatic carbocycles. The molecule has 0 unspecified atom stereocenters. The highest BCUT2D eigenvalue weighted by molar-refractivity contribution is 5.87. The number of rotatable bonds is 5. The quantitative estimate of drug-likeness (QED) is 0.487. The van der Waals surface area contributed by atoms with E-state index in [9.17, 15) is 9.18 Å². The molecular formula is C26H27FN6O. The summed E-state index contributed by atoms with van der Waals surface area (Å²) in [6.45, 7) is 6.10. The van der Waals surface area contributed by atoms with Gasteiger partial charge in [0.2, 0.25) is 5.91 Å². The fourth-order valence-electron chi connectivity index (χ4n) is 4.43. The largest absolute Gasteiger partial charge is 0.355 e. The fraction of sp³-hybridized carbons (Fsp3) is 0.308. The van der Waals surface area contributed by atoms with Gasteiger partial charge >= 0.3 is 0 Å². The number of halogens is 1. The van der Waals surface area contributed by atoms with Gasteiger partial charge in [0.25, 0.3) is 0 Å². The Morgan fingerprint density at radius 3 is 2.74 bits per heavy atom. The van der Waals surface area contributed by atoms with Crippen LogP contribution in [0.25, 0.3) is 16.7 Å². The van der Waals surface area contributed by atoms with Gasteiger partial charge in [-0.1, -0.05) is 18.2 Å². The van der Waals surface area contributed by atoms with Crippen molar-refractivity contribution < 1.29 is 9.18 Å². The van der Waals surface area contributed by atoms with Crippen LogP contribution < -0.4 is 10.2 Å². The lowest BCUT2D eigenvalue weighted by Gasteiger charge is -2.33. The zero-order chi connectivity index (χ0) is 23.7. The summed E-state index contributed by atoms with van der Waals surface area (Å²) in [7, 11) is 0. The Hall–Kier alpha value is -3.81. The lowest BCUT2D eigenvalue weighted by atomic mass is 9.96. The molecule has 1 N–H and O–H groups in total. The van der Waals surface area contributed by atoms with Crippen molar-refractivity contribution in [2.75, 3.05) is 18.0 Å². The minimum atomic E-state index is -0.295. The second kappa shape index (κ2) is 9.21. The zero-order valence-electron chi connectivity index (χ0n) is 19.3. The maximum absolute atomic E-state index is 13.3. The Morgan fingerprint density at radius 2 is 1.94 bits per heavy atom. The molecule has 1 saturated heterocycles. The van der Waals surface area contributed by atoms with Crippen molar-refractivity contribution in [2.24, 2.45) is 5.92 Å². The van der Waals surface area contributed by atoms with Crippen LogP contribution in [0.5, 0.6) is 0 Å². The van der Waals surface area contributed by atoms with Crippen LogP contribution in [-0.4, -0.2) is 38.7 Å². The summed E-state index contributed by atoms with van der Waals surface area (Å²) < 4.78 is 15.0. The third-order valence-corrected chi connectivity index (χ3v) is 6.52. The number of benzene rings is 2. The van der Waals surface area contributed by atoms with Gasteiger partial charge in [-0.3, -0.25) is 4.79 Å². The van der Waals surface area contributed by atoms with Crippen LogP contribution in [-0.2, 0) is 11.3 Å². The van der Waals surface area contributed by atoms with Crippen molar-refractivity contribution in [3.8, 4) is 5.69 Å². The number of carbonyl (C=O) groups is 1. The van der Waals surface area contributed by atoms with E-state index in [0.29, 0.717) is 18.7 Å². The average molecular weight is 459 g/mol.